The van der Waals surface area contributed by atoms with Crippen LogP contribution in [0, 0.1) is 25.6 Å². The van der Waals surface area contributed by atoms with Crippen LogP contribution in [-0.2, 0) is 16.1 Å². The summed E-state index contributed by atoms with van der Waals surface area (Å²) in [6.45, 7) is 10.4. The predicted octanol–water partition coefficient (Wildman–Crippen LogP) is 4.40. The van der Waals surface area contributed by atoms with Crippen LogP contribution in [-0.4, -0.2) is 35.9 Å². The van der Waals surface area contributed by atoms with E-state index < -0.39 is 6.04 Å². The second-order valence-corrected chi connectivity index (χ2v) is 8.20. The number of aryl methyl sites for hydroxylation is 1. The van der Waals surface area contributed by atoms with E-state index in [2.05, 4.69) is 5.32 Å². The van der Waals surface area contributed by atoms with Gasteiger partial charge in [0.05, 0.1) is 0 Å². The van der Waals surface area contributed by atoms with Gasteiger partial charge in [-0.1, -0.05) is 45.0 Å². The van der Waals surface area contributed by atoms with Crippen molar-refractivity contribution in [2.45, 2.75) is 53.6 Å². The molecule has 5 nitrogen and oxygen atoms in total. The summed E-state index contributed by atoms with van der Waals surface area (Å²) >= 11 is 0. The van der Waals surface area contributed by atoms with E-state index in [1.807, 2.05) is 52.8 Å². The average molecular weight is 429 g/mol. The zero-order valence-electron chi connectivity index (χ0n) is 19.1. The number of amides is 2. The molecule has 168 valence electrons. The molecule has 0 aromatic heterocycles. The van der Waals surface area contributed by atoms with Gasteiger partial charge in [0, 0.05) is 13.1 Å². The second-order valence-electron chi connectivity index (χ2n) is 8.20. The summed E-state index contributed by atoms with van der Waals surface area (Å²) < 4.78 is 19.1. The SMILES string of the molecule is CC[C@H](C(=O)NCC(C)C)N(Cc1ccc(F)cc1)C(=O)COc1cccc(C)c1C. The summed E-state index contributed by atoms with van der Waals surface area (Å²) in [7, 11) is 0. The largest absolute Gasteiger partial charge is 0.483 e. The number of ether oxygens (including phenoxy) is 1. The van der Waals surface area contributed by atoms with Crippen LogP contribution in [0.4, 0.5) is 4.39 Å². The normalized spacial score (nSPS) is 11.8. The standard InChI is InChI=1S/C25H33FN2O3/c1-6-22(25(30)27-14-17(2)3)28(15-20-10-12-21(26)13-11-20)24(29)16-31-23-9-7-8-18(4)19(23)5/h7-13,17,22H,6,14-16H2,1-5H3,(H,27,30)/t22-/m1/s1. The van der Waals surface area contributed by atoms with Crippen molar-refractivity contribution in [3.8, 4) is 5.75 Å². The second kappa shape index (κ2) is 11.5. The van der Waals surface area contributed by atoms with Crippen LogP contribution in [0.3, 0.4) is 0 Å². The predicted molar refractivity (Wildman–Crippen MR) is 120 cm³/mol. The van der Waals surface area contributed by atoms with E-state index in [-0.39, 0.29) is 30.8 Å². The van der Waals surface area contributed by atoms with Gasteiger partial charge in [0.15, 0.2) is 6.61 Å². The molecule has 0 fully saturated rings. The van der Waals surface area contributed by atoms with Gasteiger partial charge in [-0.3, -0.25) is 9.59 Å². The lowest BCUT2D eigenvalue weighted by atomic mass is 10.1. The Bertz CT molecular complexity index is 881. The maximum atomic E-state index is 13.3. The summed E-state index contributed by atoms with van der Waals surface area (Å²) in [6, 6.07) is 11.0. The number of hydrogen-bond donors (Lipinski definition) is 1. The lowest BCUT2D eigenvalue weighted by Crippen LogP contribution is -2.50. The van der Waals surface area contributed by atoms with Crippen molar-refractivity contribution in [3.63, 3.8) is 0 Å². The maximum Gasteiger partial charge on any atom is 0.261 e. The van der Waals surface area contributed by atoms with Crippen molar-refractivity contribution in [2.24, 2.45) is 5.92 Å². The van der Waals surface area contributed by atoms with E-state index >= 15 is 0 Å². The molecule has 2 rings (SSSR count). The Morgan fingerprint density at radius 3 is 2.39 bits per heavy atom. The van der Waals surface area contributed by atoms with E-state index in [4.69, 9.17) is 4.74 Å². The molecule has 0 radical (unpaired) electrons. The maximum absolute atomic E-state index is 13.3. The highest BCUT2D eigenvalue weighted by Gasteiger charge is 2.29. The molecule has 2 amide bonds. The molecule has 0 saturated heterocycles. The number of nitrogens with one attached hydrogen (secondary N) is 1. The molecule has 0 aliphatic heterocycles. The third-order valence-electron chi connectivity index (χ3n) is 5.24. The fourth-order valence-corrected chi connectivity index (χ4v) is 3.23. The molecule has 31 heavy (non-hydrogen) atoms. The molecule has 0 saturated carbocycles. The molecule has 0 spiro atoms. The summed E-state index contributed by atoms with van der Waals surface area (Å²) in [4.78, 5) is 27.5. The first-order valence-electron chi connectivity index (χ1n) is 10.7. The number of nitrogens with zero attached hydrogens (tertiary/aromatic N) is 1. The van der Waals surface area contributed by atoms with Crippen LogP contribution in [0.1, 0.15) is 43.9 Å². The van der Waals surface area contributed by atoms with Crippen LogP contribution in [0.25, 0.3) is 0 Å². The molecule has 0 aliphatic rings. The summed E-state index contributed by atoms with van der Waals surface area (Å²) in [5, 5.41) is 2.92. The van der Waals surface area contributed by atoms with Gasteiger partial charge in [-0.05, 0) is 61.1 Å². The quantitative estimate of drug-likeness (QED) is 0.610. The van der Waals surface area contributed by atoms with Crippen molar-refractivity contribution in [1.82, 2.24) is 10.2 Å². The molecule has 0 aliphatic carbocycles. The number of carbonyl (C=O) groups is 2. The van der Waals surface area contributed by atoms with Crippen LogP contribution in [0.2, 0.25) is 0 Å². The van der Waals surface area contributed by atoms with Gasteiger partial charge in [-0.2, -0.15) is 0 Å². The summed E-state index contributed by atoms with van der Waals surface area (Å²) in [5.41, 5.74) is 2.80. The fraction of sp³-hybridized carbons (Fsp3) is 0.440. The summed E-state index contributed by atoms with van der Waals surface area (Å²) in [5.74, 6) is 0.111. The van der Waals surface area contributed by atoms with E-state index in [0.717, 1.165) is 16.7 Å². The molecular formula is C25H33FN2O3. The van der Waals surface area contributed by atoms with Crippen LogP contribution >= 0.6 is 0 Å². The number of benzene rings is 2. The van der Waals surface area contributed by atoms with E-state index in [1.54, 1.807) is 12.1 Å². The molecular weight excluding hydrogens is 395 g/mol. The molecule has 1 N–H and O–H groups in total. The molecule has 0 bridgehead atoms. The number of carbonyl (C=O) groups excluding carboxylic acids is 2. The Morgan fingerprint density at radius 1 is 1.10 bits per heavy atom. The topological polar surface area (TPSA) is 58.6 Å². The zero-order chi connectivity index (χ0) is 23.0. The lowest BCUT2D eigenvalue weighted by molar-refractivity contribution is -0.143. The Kier molecular flexibility index (Phi) is 9.03. The molecule has 2 aromatic carbocycles. The van der Waals surface area contributed by atoms with Crippen molar-refractivity contribution in [1.29, 1.82) is 0 Å². The van der Waals surface area contributed by atoms with Gasteiger partial charge < -0.3 is 15.0 Å². The Labute approximate surface area is 184 Å². The molecule has 1 atom stereocenters. The average Bonchev–Trinajstić information content (AvgIpc) is 2.74. The molecule has 0 unspecified atom stereocenters. The van der Waals surface area contributed by atoms with E-state index in [0.29, 0.717) is 24.6 Å². The minimum absolute atomic E-state index is 0.181. The summed E-state index contributed by atoms with van der Waals surface area (Å²) in [6.07, 6.45) is 0.459. The van der Waals surface area contributed by atoms with Crippen molar-refractivity contribution < 1.29 is 18.7 Å². The zero-order valence-corrected chi connectivity index (χ0v) is 19.1. The number of halogens is 1. The third kappa shape index (κ3) is 7.09. The van der Waals surface area contributed by atoms with Gasteiger partial charge in [-0.15, -0.1) is 0 Å². The smallest absolute Gasteiger partial charge is 0.261 e. The monoisotopic (exact) mass is 428 g/mol. The highest BCUT2D eigenvalue weighted by molar-refractivity contribution is 5.88. The first-order chi connectivity index (χ1) is 14.7. The third-order valence-corrected chi connectivity index (χ3v) is 5.24. The van der Waals surface area contributed by atoms with E-state index in [9.17, 15) is 14.0 Å². The van der Waals surface area contributed by atoms with Crippen LogP contribution in [0.5, 0.6) is 5.75 Å². The first kappa shape index (κ1) is 24.4. The first-order valence-corrected chi connectivity index (χ1v) is 10.7. The van der Waals surface area contributed by atoms with Gasteiger partial charge >= 0.3 is 0 Å². The van der Waals surface area contributed by atoms with Crippen molar-refractivity contribution in [3.05, 3.63) is 65.0 Å². The molecule has 6 heteroatoms. The fourth-order valence-electron chi connectivity index (χ4n) is 3.23. The van der Waals surface area contributed by atoms with Gasteiger partial charge in [0.25, 0.3) is 5.91 Å². The van der Waals surface area contributed by atoms with Crippen LogP contribution in [0.15, 0.2) is 42.5 Å². The molecule has 0 heterocycles. The van der Waals surface area contributed by atoms with Crippen molar-refractivity contribution >= 4 is 11.8 Å². The lowest BCUT2D eigenvalue weighted by Gasteiger charge is -2.31. The van der Waals surface area contributed by atoms with Gasteiger partial charge in [0.1, 0.15) is 17.6 Å². The van der Waals surface area contributed by atoms with E-state index in [1.165, 1.54) is 17.0 Å². The Balaban J connectivity index is 2.21. The highest BCUT2D eigenvalue weighted by atomic mass is 19.1. The minimum atomic E-state index is -0.640. The Hall–Kier alpha value is -2.89. The van der Waals surface area contributed by atoms with Crippen molar-refractivity contribution in [2.75, 3.05) is 13.2 Å². The minimum Gasteiger partial charge on any atom is -0.483 e. The number of rotatable bonds is 10. The Morgan fingerprint density at radius 2 is 1.77 bits per heavy atom. The highest BCUT2D eigenvalue weighted by Crippen LogP contribution is 2.21. The molecule has 2 aromatic rings. The van der Waals surface area contributed by atoms with Gasteiger partial charge in [-0.25, -0.2) is 4.39 Å². The van der Waals surface area contributed by atoms with Crippen LogP contribution < -0.4 is 10.1 Å². The van der Waals surface area contributed by atoms with Gasteiger partial charge in [0.2, 0.25) is 5.91 Å². The number of hydrogen-bond acceptors (Lipinski definition) is 3.